The second-order valence-electron chi connectivity index (χ2n) is 5.54. The van der Waals surface area contributed by atoms with Gasteiger partial charge in [0.25, 0.3) is 0 Å². The largest absolute Gasteiger partial charge is 0.479 e. The second kappa shape index (κ2) is 7.59. The van der Waals surface area contributed by atoms with Crippen LogP contribution in [-0.4, -0.2) is 28.4 Å². The van der Waals surface area contributed by atoms with E-state index in [1.165, 1.54) is 12.8 Å². The van der Waals surface area contributed by atoms with Gasteiger partial charge < -0.3 is 10.0 Å². The highest BCUT2D eigenvalue weighted by molar-refractivity contribution is 7.10. The molecule has 1 aliphatic heterocycles. The van der Waals surface area contributed by atoms with E-state index in [-0.39, 0.29) is 5.91 Å². The summed E-state index contributed by atoms with van der Waals surface area (Å²) < 4.78 is 0. The van der Waals surface area contributed by atoms with Crippen LogP contribution >= 0.6 is 11.3 Å². The third-order valence-electron chi connectivity index (χ3n) is 4.01. The highest BCUT2D eigenvalue weighted by Crippen LogP contribution is 2.34. The van der Waals surface area contributed by atoms with E-state index in [9.17, 15) is 14.7 Å². The van der Waals surface area contributed by atoms with Crippen molar-refractivity contribution in [2.75, 3.05) is 6.54 Å². The smallest absolute Gasteiger partial charge is 0.331 e. The predicted octanol–water partition coefficient (Wildman–Crippen LogP) is 3.62. The van der Waals surface area contributed by atoms with E-state index < -0.39 is 12.0 Å². The zero-order valence-corrected chi connectivity index (χ0v) is 13.3. The fraction of sp³-hybridized carbons (Fsp3) is 0.625. The van der Waals surface area contributed by atoms with Crippen LogP contribution in [0.25, 0.3) is 0 Å². The topological polar surface area (TPSA) is 57.6 Å². The van der Waals surface area contributed by atoms with E-state index in [1.54, 1.807) is 16.2 Å². The minimum absolute atomic E-state index is 0.0178. The number of carboxylic acid groups (broad SMARTS) is 1. The van der Waals surface area contributed by atoms with Gasteiger partial charge in [0, 0.05) is 17.8 Å². The minimum Gasteiger partial charge on any atom is -0.479 e. The van der Waals surface area contributed by atoms with Crippen LogP contribution in [0.4, 0.5) is 0 Å². The third kappa shape index (κ3) is 3.84. The number of hydrogen-bond acceptors (Lipinski definition) is 3. The van der Waals surface area contributed by atoms with Crippen molar-refractivity contribution in [2.24, 2.45) is 0 Å². The lowest BCUT2D eigenvalue weighted by atomic mass is 9.99. The van der Waals surface area contributed by atoms with Crippen molar-refractivity contribution in [3.05, 3.63) is 21.9 Å². The van der Waals surface area contributed by atoms with E-state index >= 15 is 0 Å². The molecule has 0 bridgehead atoms. The average Bonchev–Trinajstić information content (AvgIpc) is 2.93. The summed E-state index contributed by atoms with van der Waals surface area (Å²) in [5, 5.41) is 11.4. The third-order valence-corrected chi connectivity index (χ3v) is 5.01. The van der Waals surface area contributed by atoms with Gasteiger partial charge in [-0.15, -0.1) is 11.3 Å². The standard InChI is InChI=1S/C16H23NO3S/c1-2-3-4-5-6-7-14(18)17-10-8-13-12(9-11-21-13)15(17)16(19)20/h9,11,15H,2-8,10H2,1H3,(H,19,20). The number of thiophene rings is 1. The summed E-state index contributed by atoms with van der Waals surface area (Å²) >= 11 is 1.59. The van der Waals surface area contributed by atoms with Gasteiger partial charge in [-0.3, -0.25) is 4.79 Å². The van der Waals surface area contributed by atoms with Crippen LogP contribution < -0.4 is 0 Å². The van der Waals surface area contributed by atoms with Crippen molar-refractivity contribution in [1.82, 2.24) is 4.90 Å². The molecule has 0 aliphatic carbocycles. The Morgan fingerprint density at radius 2 is 2.10 bits per heavy atom. The minimum atomic E-state index is -0.923. The summed E-state index contributed by atoms with van der Waals surface area (Å²) in [5.74, 6) is -0.940. The molecule has 1 aromatic rings. The van der Waals surface area contributed by atoms with Crippen molar-refractivity contribution < 1.29 is 14.7 Å². The molecule has 5 heteroatoms. The monoisotopic (exact) mass is 309 g/mol. The molecule has 1 N–H and O–H groups in total. The Kier molecular flexibility index (Phi) is 5.79. The van der Waals surface area contributed by atoms with Gasteiger partial charge in [-0.05, 0) is 29.9 Å². The summed E-state index contributed by atoms with van der Waals surface area (Å²) in [7, 11) is 0. The summed E-state index contributed by atoms with van der Waals surface area (Å²) in [6, 6.07) is 1.06. The number of unbranched alkanes of at least 4 members (excludes halogenated alkanes) is 4. The Hall–Kier alpha value is -1.36. The zero-order chi connectivity index (χ0) is 15.2. The normalized spacial score (nSPS) is 17.6. The Bertz CT molecular complexity index is 497. The molecule has 4 nitrogen and oxygen atoms in total. The molecule has 0 aromatic carbocycles. The number of carbonyl (C=O) groups is 2. The maximum Gasteiger partial charge on any atom is 0.331 e. The van der Waals surface area contributed by atoms with Crippen LogP contribution in [0.2, 0.25) is 0 Å². The quantitative estimate of drug-likeness (QED) is 0.783. The number of fused-ring (bicyclic) bond motifs is 1. The highest BCUT2D eigenvalue weighted by Gasteiger charge is 2.36. The number of aliphatic carboxylic acids is 1. The van der Waals surface area contributed by atoms with Gasteiger partial charge in [0.05, 0.1) is 0 Å². The fourth-order valence-electron chi connectivity index (χ4n) is 2.87. The summed E-state index contributed by atoms with van der Waals surface area (Å²) in [4.78, 5) is 26.6. The number of rotatable bonds is 7. The molecule has 116 valence electrons. The average molecular weight is 309 g/mol. The van der Waals surface area contributed by atoms with Crippen LogP contribution in [0.5, 0.6) is 0 Å². The first-order valence-electron chi connectivity index (χ1n) is 7.73. The summed E-state index contributed by atoms with van der Waals surface area (Å²) in [6.45, 7) is 2.69. The van der Waals surface area contributed by atoms with E-state index in [1.807, 2.05) is 11.4 Å². The zero-order valence-electron chi connectivity index (χ0n) is 12.5. The number of carboxylic acids is 1. The van der Waals surface area contributed by atoms with Gasteiger partial charge >= 0.3 is 5.97 Å². The molecule has 0 saturated carbocycles. The Labute approximate surface area is 129 Å². The molecule has 0 radical (unpaired) electrons. The van der Waals surface area contributed by atoms with E-state index in [0.29, 0.717) is 13.0 Å². The Morgan fingerprint density at radius 1 is 1.33 bits per heavy atom. The second-order valence-corrected chi connectivity index (χ2v) is 6.54. The van der Waals surface area contributed by atoms with Gasteiger partial charge in [0.2, 0.25) is 5.91 Å². The molecular weight excluding hydrogens is 286 g/mol. The van der Waals surface area contributed by atoms with Gasteiger partial charge in [0.1, 0.15) is 0 Å². The van der Waals surface area contributed by atoms with Crippen molar-refractivity contribution in [3.8, 4) is 0 Å². The molecule has 2 heterocycles. The van der Waals surface area contributed by atoms with Crippen LogP contribution in [0.15, 0.2) is 11.4 Å². The molecule has 1 aromatic heterocycles. The molecule has 21 heavy (non-hydrogen) atoms. The first-order valence-corrected chi connectivity index (χ1v) is 8.61. The van der Waals surface area contributed by atoms with E-state index in [4.69, 9.17) is 0 Å². The molecular formula is C16H23NO3S. The van der Waals surface area contributed by atoms with Gasteiger partial charge in [-0.1, -0.05) is 32.6 Å². The SMILES string of the molecule is CCCCCCCC(=O)N1CCc2sccc2C1C(=O)O. The molecule has 1 atom stereocenters. The first kappa shape index (κ1) is 16.0. The number of carbonyl (C=O) groups excluding carboxylic acids is 1. The summed E-state index contributed by atoms with van der Waals surface area (Å²) in [5.41, 5.74) is 0.804. The maximum absolute atomic E-state index is 12.3. The lowest BCUT2D eigenvalue weighted by Crippen LogP contribution is -2.42. The molecule has 1 unspecified atom stereocenters. The van der Waals surface area contributed by atoms with E-state index in [0.717, 1.165) is 36.1 Å². The van der Waals surface area contributed by atoms with Crippen molar-refractivity contribution in [1.29, 1.82) is 0 Å². The van der Waals surface area contributed by atoms with Gasteiger partial charge in [0.15, 0.2) is 6.04 Å². The van der Waals surface area contributed by atoms with Crippen molar-refractivity contribution in [3.63, 3.8) is 0 Å². The highest BCUT2D eigenvalue weighted by atomic mass is 32.1. The first-order chi connectivity index (χ1) is 10.1. The molecule has 0 fully saturated rings. The van der Waals surface area contributed by atoms with Crippen LogP contribution in [0.3, 0.4) is 0 Å². The van der Waals surface area contributed by atoms with Gasteiger partial charge in [-0.2, -0.15) is 0 Å². The molecule has 0 spiro atoms. The number of amides is 1. The van der Waals surface area contributed by atoms with Crippen LogP contribution in [-0.2, 0) is 16.0 Å². The molecule has 1 aliphatic rings. The lowest BCUT2D eigenvalue weighted by Gasteiger charge is -2.33. The molecule has 2 rings (SSSR count). The molecule has 0 saturated heterocycles. The maximum atomic E-state index is 12.3. The fourth-order valence-corrected chi connectivity index (χ4v) is 3.78. The van der Waals surface area contributed by atoms with E-state index in [2.05, 4.69) is 6.92 Å². The lowest BCUT2D eigenvalue weighted by molar-refractivity contribution is -0.151. The Morgan fingerprint density at radius 3 is 2.81 bits per heavy atom. The van der Waals surface area contributed by atoms with Crippen LogP contribution in [0.1, 0.15) is 61.9 Å². The molecule has 1 amide bonds. The van der Waals surface area contributed by atoms with Crippen molar-refractivity contribution >= 4 is 23.2 Å². The number of hydrogen-bond donors (Lipinski definition) is 1. The van der Waals surface area contributed by atoms with Crippen molar-refractivity contribution in [2.45, 2.75) is 57.9 Å². The number of nitrogens with zero attached hydrogens (tertiary/aromatic N) is 1. The predicted molar refractivity (Wildman–Crippen MR) is 83.5 cm³/mol. The van der Waals surface area contributed by atoms with Crippen LogP contribution in [0, 0.1) is 0 Å². The van der Waals surface area contributed by atoms with Gasteiger partial charge in [-0.25, -0.2) is 4.79 Å². The Balaban J connectivity index is 1.95. The summed E-state index contributed by atoms with van der Waals surface area (Å²) in [6.07, 6.45) is 6.69.